The van der Waals surface area contributed by atoms with Gasteiger partial charge in [-0.15, -0.1) is 11.8 Å². The van der Waals surface area contributed by atoms with E-state index < -0.39 is 89.9 Å². The van der Waals surface area contributed by atoms with E-state index in [2.05, 4.69) is 31.6 Å². The number of aliphatic hydroxyl groups excluding tert-OH is 1. The van der Waals surface area contributed by atoms with Crippen LogP contribution in [0.2, 0.25) is 0 Å². The highest BCUT2D eigenvalue weighted by atomic mass is 32.2. The Labute approximate surface area is 302 Å². The molecule has 280 valence electrons. The van der Waals surface area contributed by atoms with Gasteiger partial charge >= 0.3 is 5.97 Å². The topological polar surface area (TPSA) is 219 Å². The minimum Gasteiger partial charge on any atom is -0.480 e. The predicted octanol–water partition coefficient (Wildman–Crippen LogP) is 1.29. The second kappa shape index (κ2) is 17.5. The summed E-state index contributed by atoms with van der Waals surface area (Å²) in [5.41, 5.74) is 0.994. The summed E-state index contributed by atoms with van der Waals surface area (Å²) in [4.78, 5) is 82.7. The van der Waals surface area contributed by atoms with E-state index in [0.29, 0.717) is 27.6 Å². The number of carbonyl (C=O) groups is 6. The van der Waals surface area contributed by atoms with Crippen LogP contribution in [0.5, 0.6) is 0 Å². The van der Waals surface area contributed by atoms with Gasteiger partial charge in [0.15, 0.2) is 0 Å². The lowest BCUT2D eigenvalue weighted by atomic mass is 10.00. The van der Waals surface area contributed by atoms with E-state index in [0.717, 1.165) is 23.9 Å². The second-order valence-electron chi connectivity index (χ2n) is 13.1. The Kier molecular flexibility index (Phi) is 13.3. The normalized spacial score (nSPS) is 23.0. The van der Waals surface area contributed by atoms with Gasteiger partial charge < -0.3 is 41.8 Å². The van der Waals surface area contributed by atoms with E-state index in [9.17, 15) is 47.8 Å². The number of hydrogen-bond donors (Lipinski definition) is 8. The number of thioether (sulfide) groups is 1. The molecule has 0 unspecified atom stereocenters. The fourth-order valence-corrected chi connectivity index (χ4v) is 6.75. The van der Waals surface area contributed by atoms with E-state index in [4.69, 9.17) is 0 Å². The van der Waals surface area contributed by atoms with E-state index in [-0.39, 0.29) is 30.1 Å². The molecule has 2 aromatic carbocycles. The molecular weight excluding hydrogens is 702 g/mol. The van der Waals surface area contributed by atoms with Gasteiger partial charge in [0.1, 0.15) is 41.8 Å². The lowest BCUT2D eigenvalue weighted by molar-refractivity contribution is -0.142. The number of aromatic amines is 1. The Morgan fingerprint density at radius 3 is 2.31 bits per heavy atom. The molecule has 1 aliphatic heterocycles. The number of carbonyl (C=O) groups excluding carboxylic acids is 5. The van der Waals surface area contributed by atoms with Crippen LogP contribution in [0, 0.1) is 17.6 Å². The first-order chi connectivity index (χ1) is 24.5. The molecule has 52 heavy (non-hydrogen) atoms. The molecule has 2 heterocycles. The molecule has 0 aliphatic carbocycles. The summed E-state index contributed by atoms with van der Waals surface area (Å²) in [6.07, 6.45) is -2.05. The van der Waals surface area contributed by atoms with Gasteiger partial charge in [-0.05, 0) is 49.4 Å². The molecule has 0 fully saturated rings. The molecule has 14 nitrogen and oxygen atoms in total. The number of fused-ring (bicyclic) bond motifs is 3. The zero-order chi connectivity index (χ0) is 38.3. The minimum atomic E-state index is -1.57. The average molecular weight is 745 g/mol. The summed E-state index contributed by atoms with van der Waals surface area (Å²) in [7, 11) is 0. The van der Waals surface area contributed by atoms with Gasteiger partial charge in [-0.3, -0.25) is 24.0 Å². The molecule has 5 amide bonds. The molecule has 0 saturated heterocycles. The zero-order valence-corrected chi connectivity index (χ0v) is 29.7. The van der Waals surface area contributed by atoms with Crippen LogP contribution in [0.1, 0.15) is 45.2 Å². The largest absolute Gasteiger partial charge is 0.480 e. The average Bonchev–Trinajstić information content (AvgIpc) is 3.41. The van der Waals surface area contributed by atoms with Crippen molar-refractivity contribution in [2.24, 2.45) is 5.92 Å². The van der Waals surface area contributed by atoms with Crippen LogP contribution >= 0.6 is 11.8 Å². The number of amides is 5. The van der Waals surface area contributed by atoms with Crippen molar-refractivity contribution in [2.75, 3.05) is 5.75 Å². The molecule has 0 spiro atoms. The number of H-pyrrole nitrogens is 1. The molecule has 1 aromatic heterocycles. The molecule has 17 heteroatoms. The fourth-order valence-electron chi connectivity index (χ4n) is 5.64. The number of halogens is 2. The lowest BCUT2D eigenvalue weighted by Gasteiger charge is -2.27. The van der Waals surface area contributed by atoms with E-state index in [1.807, 2.05) is 13.8 Å². The summed E-state index contributed by atoms with van der Waals surface area (Å²) in [6.45, 7) is 6.18. The monoisotopic (exact) mass is 744 g/mol. The minimum absolute atomic E-state index is 0.119. The molecule has 4 rings (SSSR count). The highest BCUT2D eigenvalue weighted by Gasteiger charge is 2.34. The molecule has 6 atom stereocenters. The van der Waals surface area contributed by atoms with E-state index >= 15 is 0 Å². The van der Waals surface area contributed by atoms with E-state index in [1.54, 1.807) is 24.3 Å². The summed E-state index contributed by atoms with van der Waals surface area (Å²) in [5.74, 6) is -7.71. The maximum absolute atomic E-state index is 14.5. The van der Waals surface area contributed by atoms with Crippen LogP contribution in [0.15, 0.2) is 47.5 Å². The summed E-state index contributed by atoms with van der Waals surface area (Å²) >= 11 is 1.01. The smallest absolute Gasteiger partial charge is 0.327 e. The molecule has 8 N–H and O–H groups in total. The number of rotatable bonds is 7. The van der Waals surface area contributed by atoms with Crippen molar-refractivity contribution >= 4 is 58.2 Å². The first kappa shape index (κ1) is 39.8. The quantitative estimate of drug-likeness (QED) is 0.175. The molecule has 0 radical (unpaired) electrons. The van der Waals surface area contributed by atoms with Crippen molar-refractivity contribution in [3.63, 3.8) is 0 Å². The van der Waals surface area contributed by atoms with Gasteiger partial charge in [-0.1, -0.05) is 38.1 Å². The Morgan fingerprint density at radius 2 is 1.65 bits per heavy atom. The third kappa shape index (κ3) is 10.3. The van der Waals surface area contributed by atoms with Gasteiger partial charge in [-0.25, -0.2) is 13.6 Å². The Hall–Kier alpha value is -5.03. The highest BCUT2D eigenvalue weighted by Crippen LogP contribution is 2.31. The molecule has 0 bridgehead atoms. The summed E-state index contributed by atoms with van der Waals surface area (Å²) in [6, 6.07) is 2.84. The third-order valence-electron chi connectivity index (χ3n) is 8.36. The predicted molar refractivity (Wildman–Crippen MR) is 187 cm³/mol. The van der Waals surface area contributed by atoms with Gasteiger partial charge in [0.25, 0.3) is 0 Å². The number of aromatic nitrogens is 1. The van der Waals surface area contributed by atoms with Crippen LogP contribution in [-0.4, -0.2) is 92.8 Å². The standard InChI is InChI=1S/C35H42F2N6O8S/c1-16(2)11-25-31(47)38-17(3)30(46)43-29(18(4)44)33(49)41-27(35(50)51)15-52-34-22(21-7-5-6-8-24(21)42-34)14-26(32(48)40-25)39-28(45)12-19-9-10-20(36)13-23(19)37/h5-10,13,16-18,25-27,29,42,44H,11-12,14-15H2,1-4H3,(H,38,47)(H,39,45)(H,40,48)(H,41,49)(H,43,46)(H,50,51)/t17-,18-,25+,26+,27+,29+/m1/s1. The highest BCUT2D eigenvalue weighted by molar-refractivity contribution is 7.99. The summed E-state index contributed by atoms with van der Waals surface area (Å²) in [5, 5.41) is 33.9. The van der Waals surface area contributed by atoms with Gasteiger partial charge in [0.2, 0.25) is 29.5 Å². The van der Waals surface area contributed by atoms with Crippen molar-refractivity contribution in [1.82, 2.24) is 31.6 Å². The van der Waals surface area contributed by atoms with Crippen LogP contribution in [0.4, 0.5) is 8.78 Å². The SMILES string of the molecule is CC(C)C[C@@H]1NC(=O)[C@@H](NC(=O)Cc2ccc(F)cc2F)Cc2c([nH]c3ccccc23)SC[C@@H](C(=O)O)NC(=O)[C@H]([C@@H](C)O)NC(=O)[C@@H](C)NC1=O. The van der Waals surface area contributed by atoms with Crippen molar-refractivity contribution in [2.45, 2.75) is 88.3 Å². The number of nitrogens with one attached hydrogen (secondary N) is 6. The molecular formula is C35H42F2N6O8S. The first-order valence-corrected chi connectivity index (χ1v) is 17.6. The zero-order valence-electron chi connectivity index (χ0n) is 28.9. The Bertz CT molecular complexity index is 1840. The van der Waals surface area contributed by atoms with Crippen molar-refractivity contribution < 1.29 is 47.8 Å². The Balaban J connectivity index is 1.78. The van der Waals surface area contributed by atoms with Gasteiger partial charge in [0, 0.05) is 29.1 Å². The second-order valence-corrected chi connectivity index (χ2v) is 14.1. The van der Waals surface area contributed by atoms with Crippen molar-refractivity contribution in [3.05, 3.63) is 65.2 Å². The van der Waals surface area contributed by atoms with Crippen LogP contribution in [-0.2, 0) is 41.6 Å². The lowest BCUT2D eigenvalue weighted by Crippen LogP contribution is -2.60. The fraction of sp³-hybridized carbons (Fsp3) is 0.429. The number of carboxylic acids is 1. The third-order valence-corrected chi connectivity index (χ3v) is 9.50. The van der Waals surface area contributed by atoms with Crippen LogP contribution < -0.4 is 26.6 Å². The molecule has 1 aliphatic rings. The van der Waals surface area contributed by atoms with Crippen molar-refractivity contribution in [1.29, 1.82) is 0 Å². The van der Waals surface area contributed by atoms with Gasteiger partial charge in [0.05, 0.1) is 17.6 Å². The molecule has 3 aromatic rings. The van der Waals surface area contributed by atoms with Gasteiger partial charge in [-0.2, -0.15) is 0 Å². The number of carboxylic acid groups (broad SMARTS) is 1. The maximum Gasteiger partial charge on any atom is 0.327 e. The number of aliphatic carboxylic acids is 1. The van der Waals surface area contributed by atoms with Crippen molar-refractivity contribution in [3.8, 4) is 0 Å². The first-order valence-electron chi connectivity index (χ1n) is 16.6. The number of benzene rings is 2. The van der Waals surface area contributed by atoms with E-state index in [1.165, 1.54) is 13.8 Å². The maximum atomic E-state index is 14.5. The number of aliphatic hydroxyl groups is 1. The molecule has 0 saturated carbocycles. The number of hydrogen-bond acceptors (Lipinski definition) is 8. The summed E-state index contributed by atoms with van der Waals surface area (Å²) < 4.78 is 28.0. The van der Waals surface area contributed by atoms with Crippen LogP contribution in [0.3, 0.4) is 0 Å². The number of para-hydroxylation sites is 1. The van der Waals surface area contributed by atoms with Crippen LogP contribution in [0.25, 0.3) is 10.9 Å². The Morgan fingerprint density at radius 1 is 0.942 bits per heavy atom.